The third-order valence-electron chi connectivity index (χ3n) is 4.40. The molecular weight excluding hydrogens is 306 g/mol. The van der Waals surface area contributed by atoms with Crippen molar-refractivity contribution in [3.05, 3.63) is 29.8 Å². The minimum Gasteiger partial charge on any atom is -0.545 e. The van der Waals surface area contributed by atoms with Gasteiger partial charge in [0.15, 0.2) is 6.54 Å². The van der Waals surface area contributed by atoms with Crippen LogP contribution in [0.5, 0.6) is 0 Å². The minimum atomic E-state index is -1.22. The quantitative estimate of drug-likeness (QED) is 0.632. The van der Waals surface area contributed by atoms with Crippen LogP contribution >= 0.6 is 0 Å². The smallest absolute Gasteiger partial charge is 0.279 e. The van der Waals surface area contributed by atoms with Gasteiger partial charge < -0.3 is 25.9 Å². The van der Waals surface area contributed by atoms with Gasteiger partial charge in [-0.3, -0.25) is 4.79 Å². The number of carbonyl (C=O) groups excluding carboxylic acids is 2. The molecule has 1 aliphatic rings. The van der Waals surface area contributed by atoms with E-state index < -0.39 is 5.97 Å². The average molecular weight is 334 g/mol. The van der Waals surface area contributed by atoms with E-state index in [1.807, 2.05) is 0 Å². The highest BCUT2D eigenvalue weighted by Crippen LogP contribution is 2.19. The first-order valence-corrected chi connectivity index (χ1v) is 8.38. The first kappa shape index (κ1) is 18.4. The Morgan fingerprint density at radius 1 is 1.17 bits per heavy atom. The van der Waals surface area contributed by atoms with Crippen molar-refractivity contribution >= 4 is 17.6 Å². The molecule has 1 fully saturated rings. The Morgan fingerprint density at radius 3 is 2.21 bits per heavy atom. The monoisotopic (exact) mass is 334 g/mol. The summed E-state index contributed by atoms with van der Waals surface area (Å²) >= 11 is 0. The van der Waals surface area contributed by atoms with Crippen LogP contribution in [0, 0.1) is 0 Å². The summed E-state index contributed by atoms with van der Waals surface area (Å²) in [6.07, 6.45) is 2.12. The molecule has 24 heavy (non-hydrogen) atoms. The summed E-state index contributed by atoms with van der Waals surface area (Å²) in [5.74, 6) is -1.30. The van der Waals surface area contributed by atoms with Crippen LogP contribution in [-0.2, 0) is 4.79 Å². The number of nitrogens with one attached hydrogen (secondary N) is 1. The van der Waals surface area contributed by atoms with Crippen LogP contribution in [0.25, 0.3) is 0 Å². The highest BCUT2D eigenvalue weighted by Gasteiger charge is 2.43. The van der Waals surface area contributed by atoms with Gasteiger partial charge in [-0.1, -0.05) is 12.1 Å². The number of anilines is 1. The van der Waals surface area contributed by atoms with Crippen LogP contribution in [0.3, 0.4) is 0 Å². The molecule has 132 valence electrons. The molecule has 1 saturated heterocycles. The molecule has 1 aliphatic heterocycles. The molecule has 5 N–H and O–H groups in total. The first-order valence-electron chi connectivity index (χ1n) is 8.38. The average Bonchev–Trinajstić information content (AvgIpc) is 2.42. The number of amides is 1. The molecular formula is C18H28N3O3+. The van der Waals surface area contributed by atoms with Crippen molar-refractivity contribution in [3.63, 3.8) is 0 Å². The van der Waals surface area contributed by atoms with E-state index in [9.17, 15) is 14.7 Å². The summed E-state index contributed by atoms with van der Waals surface area (Å²) < 4.78 is 0. The van der Waals surface area contributed by atoms with E-state index in [1.165, 1.54) is 12.1 Å². The van der Waals surface area contributed by atoms with E-state index in [2.05, 4.69) is 43.6 Å². The van der Waals surface area contributed by atoms with E-state index in [0.29, 0.717) is 18.3 Å². The summed E-state index contributed by atoms with van der Waals surface area (Å²) in [6, 6.07) is 6.43. The number of nitrogens with two attached hydrogens (primary N) is 2. The number of hydrogen-bond acceptors (Lipinski definition) is 3. The molecule has 0 spiro atoms. The van der Waals surface area contributed by atoms with Crippen molar-refractivity contribution in [1.82, 2.24) is 0 Å². The normalized spacial score (nSPS) is 19.7. The van der Waals surface area contributed by atoms with Gasteiger partial charge >= 0.3 is 0 Å². The number of aromatic carboxylic acids is 1. The van der Waals surface area contributed by atoms with Crippen LogP contribution in [-0.4, -0.2) is 35.5 Å². The topological polar surface area (TPSA) is 102 Å². The predicted octanol–water partition coefficient (Wildman–Crippen LogP) is -1.16. The number of hydrogen-bond donors (Lipinski definition) is 3. The van der Waals surface area contributed by atoms with Gasteiger partial charge in [-0.25, -0.2) is 0 Å². The van der Waals surface area contributed by atoms with Crippen molar-refractivity contribution in [2.24, 2.45) is 0 Å². The lowest BCUT2D eigenvalue weighted by atomic mass is 9.79. The maximum Gasteiger partial charge on any atom is 0.279 e. The standard InChI is InChI=1S/C18H27N3O3/c1-17(2)9-14(10-18(3,4)21-17)19-11-15(22)20-13-7-5-12(6-8-13)16(23)24/h5-8,14,19,21H,9-11H2,1-4H3,(H,20,22)(H,23,24)/p+1. The number of carboxylic acids is 1. The number of piperidine rings is 1. The van der Waals surface area contributed by atoms with Crippen LogP contribution in [0.1, 0.15) is 50.9 Å². The van der Waals surface area contributed by atoms with Crippen molar-refractivity contribution in [3.8, 4) is 0 Å². The number of benzene rings is 1. The summed E-state index contributed by atoms with van der Waals surface area (Å²) in [4.78, 5) is 22.8. The van der Waals surface area contributed by atoms with E-state index in [1.54, 1.807) is 12.1 Å². The Hall–Kier alpha value is -1.92. The summed E-state index contributed by atoms with van der Waals surface area (Å²) in [5.41, 5.74) is 1.05. The molecule has 2 rings (SSSR count). The molecule has 0 atom stereocenters. The van der Waals surface area contributed by atoms with Gasteiger partial charge in [-0.2, -0.15) is 0 Å². The fourth-order valence-electron chi connectivity index (χ4n) is 3.94. The Morgan fingerprint density at radius 2 is 1.71 bits per heavy atom. The van der Waals surface area contributed by atoms with Gasteiger partial charge in [0.2, 0.25) is 0 Å². The highest BCUT2D eigenvalue weighted by molar-refractivity contribution is 5.92. The Kier molecular flexibility index (Phi) is 5.30. The SMILES string of the molecule is CC1(C)CC([NH2+]CC(=O)Nc2ccc(C(=O)[O-])cc2)CC(C)(C)[NH2+]1. The van der Waals surface area contributed by atoms with Crippen LogP contribution in [0.15, 0.2) is 24.3 Å². The zero-order chi connectivity index (χ0) is 18.0. The molecule has 0 unspecified atom stereocenters. The van der Waals surface area contributed by atoms with Crippen molar-refractivity contribution in [2.45, 2.75) is 57.7 Å². The molecule has 0 aliphatic carbocycles. The lowest BCUT2D eigenvalue weighted by Gasteiger charge is -2.41. The molecule has 1 aromatic carbocycles. The molecule has 0 aromatic heterocycles. The molecule has 0 radical (unpaired) electrons. The molecule has 1 aromatic rings. The molecule has 6 nitrogen and oxygen atoms in total. The number of rotatable bonds is 5. The second-order valence-electron chi connectivity index (χ2n) is 8.14. The zero-order valence-electron chi connectivity index (χ0n) is 14.9. The second kappa shape index (κ2) is 6.91. The van der Waals surface area contributed by atoms with Gasteiger partial charge in [-0.05, 0) is 45.4 Å². The Labute approximate surface area is 143 Å². The van der Waals surface area contributed by atoms with E-state index >= 15 is 0 Å². The highest BCUT2D eigenvalue weighted by atomic mass is 16.4. The second-order valence-corrected chi connectivity index (χ2v) is 8.14. The van der Waals surface area contributed by atoms with E-state index in [4.69, 9.17) is 0 Å². The molecule has 0 saturated carbocycles. The minimum absolute atomic E-state index is 0.0821. The maximum atomic E-state index is 12.1. The fourth-order valence-corrected chi connectivity index (χ4v) is 3.94. The van der Waals surface area contributed by atoms with Crippen LogP contribution in [0.2, 0.25) is 0 Å². The van der Waals surface area contributed by atoms with Gasteiger partial charge in [0.25, 0.3) is 5.91 Å². The Balaban J connectivity index is 1.85. The van der Waals surface area contributed by atoms with Gasteiger partial charge in [0, 0.05) is 5.69 Å². The number of carboxylic acid groups (broad SMARTS) is 1. The molecule has 1 heterocycles. The van der Waals surface area contributed by atoms with E-state index in [0.717, 1.165) is 12.8 Å². The van der Waals surface area contributed by atoms with Crippen LogP contribution < -0.4 is 21.1 Å². The summed E-state index contributed by atoms with van der Waals surface area (Å²) in [5, 5.41) is 18.0. The lowest BCUT2D eigenvalue weighted by Crippen LogP contribution is -3.09. The summed E-state index contributed by atoms with van der Waals surface area (Å²) in [6.45, 7) is 9.34. The molecule has 6 heteroatoms. The number of quaternary nitrogens is 2. The van der Waals surface area contributed by atoms with Crippen molar-refractivity contribution < 1.29 is 25.3 Å². The number of carbonyl (C=O) groups is 2. The lowest BCUT2D eigenvalue weighted by molar-refractivity contribution is -0.812. The molecule has 0 bridgehead atoms. The van der Waals surface area contributed by atoms with Crippen molar-refractivity contribution in [2.75, 3.05) is 11.9 Å². The molecule has 1 amide bonds. The van der Waals surface area contributed by atoms with E-state index in [-0.39, 0.29) is 22.5 Å². The third kappa shape index (κ3) is 5.32. The predicted molar refractivity (Wildman–Crippen MR) is 89.3 cm³/mol. The maximum absolute atomic E-state index is 12.1. The van der Waals surface area contributed by atoms with Gasteiger partial charge in [0.1, 0.15) is 0 Å². The Bertz CT molecular complexity index is 592. The first-order chi connectivity index (χ1) is 11.1. The summed E-state index contributed by atoms with van der Waals surface area (Å²) in [7, 11) is 0. The third-order valence-corrected chi connectivity index (χ3v) is 4.40. The van der Waals surface area contributed by atoms with Crippen molar-refractivity contribution in [1.29, 1.82) is 0 Å². The van der Waals surface area contributed by atoms with Gasteiger partial charge in [0.05, 0.1) is 35.9 Å². The largest absolute Gasteiger partial charge is 0.545 e. The zero-order valence-corrected chi connectivity index (χ0v) is 14.9. The fraction of sp³-hybridized carbons (Fsp3) is 0.556. The van der Waals surface area contributed by atoms with Gasteiger partial charge in [-0.15, -0.1) is 0 Å². The van der Waals surface area contributed by atoms with Crippen LogP contribution in [0.4, 0.5) is 5.69 Å².